The van der Waals surface area contributed by atoms with E-state index < -0.39 is 29.9 Å². The first kappa shape index (κ1) is 33.2. The topological polar surface area (TPSA) is 97.3 Å². The van der Waals surface area contributed by atoms with E-state index in [1.807, 2.05) is 0 Å². The molecule has 4 rings (SSSR count). The molecular weight excluding hydrogens is 649 g/mol. The van der Waals surface area contributed by atoms with Gasteiger partial charge in [-0.25, -0.2) is 9.37 Å². The molecule has 3 N–H and O–H groups in total. The van der Waals surface area contributed by atoms with Gasteiger partial charge < -0.3 is 25.3 Å². The number of rotatable bonds is 8. The SMILES string of the molecule is Cn1c(Nc2c(Cl)ccc(CNC(=O)C(C)(C)C)c2Cl)nc2cc(C(=O)Nc3ccc(F)c(Cl)c3)c(OCC(F)(F)F)cc21. The summed E-state index contributed by atoms with van der Waals surface area (Å²) in [5.41, 5.74) is 0.599. The van der Waals surface area contributed by atoms with Gasteiger partial charge in [-0.3, -0.25) is 9.59 Å². The van der Waals surface area contributed by atoms with Crippen molar-refractivity contribution in [3.63, 3.8) is 0 Å². The van der Waals surface area contributed by atoms with Crippen LogP contribution in [0, 0.1) is 11.2 Å². The van der Waals surface area contributed by atoms with Crippen LogP contribution >= 0.6 is 34.8 Å². The summed E-state index contributed by atoms with van der Waals surface area (Å²) >= 11 is 18.9. The number of carbonyl (C=O) groups is 2. The highest BCUT2D eigenvalue weighted by Crippen LogP contribution is 2.37. The van der Waals surface area contributed by atoms with Crippen LogP contribution in [0.25, 0.3) is 11.0 Å². The number of imidazole rings is 1. The standard InChI is InChI=1S/C29H26Cl3F4N5O3/c1-28(2,3)26(43)37-12-14-5-7-17(30)24(23(14)32)40-27-39-20-10-16(25(42)38-15-6-8-19(33)18(31)9-15)22(11-21(20)41(27)4)44-13-29(34,35)36/h5-11H,12-13H2,1-4H3,(H,37,43)(H,38,42)(H,39,40). The maximum absolute atomic E-state index is 13.6. The highest BCUT2D eigenvalue weighted by molar-refractivity contribution is 6.39. The van der Waals surface area contributed by atoms with Crippen molar-refractivity contribution in [3.8, 4) is 5.75 Å². The molecular formula is C29H26Cl3F4N5O3. The molecule has 0 radical (unpaired) electrons. The van der Waals surface area contributed by atoms with Crippen molar-refractivity contribution in [1.29, 1.82) is 0 Å². The lowest BCUT2D eigenvalue weighted by molar-refractivity contribution is -0.153. The van der Waals surface area contributed by atoms with E-state index in [1.54, 1.807) is 40.0 Å². The zero-order chi connectivity index (χ0) is 32.6. The Kier molecular flexibility index (Phi) is 9.57. The van der Waals surface area contributed by atoms with Gasteiger partial charge in [-0.1, -0.05) is 61.6 Å². The van der Waals surface area contributed by atoms with E-state index in [0.29, 0.717) is 11.1 Å². The number of benzene rings is 3. The highest BCUT2D eigenvalue weighted by Gasteiger charge is 2.30. The molecule has 0 atom stereocenters. The third kappa shape index (κ3) is 7.66. The van der Waals surface area contributed by atoms with Crippen molar-refractivity contribution in [3.05, 3.63) is 74.5 Å². The van der Waals surface area contributed by atoms with Crippen LogP contribution in [0.15, 0.2) is 42.5 Å². The van der Waals surface area contributed by atoms with Gasteiger partial charge in [0.05, 0.1) is 37.4 Å². The molecule has 0 bridgehead atoms. The molecule has 0 unspecified atom stereocenters. The van der Waals surface area contributed by atoms with Crippen LogP contribution in [0.1, 0.15) is 36.7 Å². The minimum absolute atomic E-state index is 0.106. The minimum Gasteiger partial charge on any atom is -0.483 e. The Morgan fingerprint density at radius 1 is 1.00 bits per heavy atom. The second-order valence-corrected chi connectivity index (χ2v) is 12.0. The van der Waals surface area contributed by atoms with E-state index in [4.69, 9.17) is 39.5 Å². The minimum atomic E-state index is -4.68. The Hall–Kier alpha value is -3.74. The number of anilines is 3. The second-order valence-electron chi connectivity index (χ2n) is 10.8. The maximum atomic E-state index is 13.6. The van der Waals surface area contributed by atoms with Gasteiger partial charge >= 0.3 is 6.18 Å². The number of hydrogen-bond donors (Lipinski definition) is 3. The van der Waals surface area contributed by atoms with Crippen molar-refractivity contribution in [2.75, 3.05) is 17.2 Å². The number of fused-ring (bicyclic) bond motifs is 1. The number of ether oxygens (including phenoxy) is 1. The molecule has 3 aromatic carbocycles. The largest absolute Gasteiger partial charge is 0.483 e. The van der Waals surface area contributed by atoms with Crippen LogP contribution in [0.2, 0.25) is 15.1 Å². The van der Waals surface area contributed by atoms with Gasteiger partial charge in [-0.05, 0) is 35.9 Å². The molecule has 0 aliphatic rings. The van der Waals surface area contributed by atoms with E-state index in [2.05, 4.69) is 20.9 Å². The smallest absolute Gasteiger partial charge is 0.422 e. The van der Waals surface area contributed by atoms with Gasteiger partial charge in [-0.2, -0.15) is 13.2 Å². The quantitative estimate of drug-likeness (QED) is 0.164. The summed E-state index contributed by atoms with van der Waals surface area (Å²) in [6.45, 7) is 3.79. The summed E-state index contributed by atoms with van der Waals surface area (Å²) in [7, 11) is 1.58. The lowest BCUT2D eigenvalue weighted by Gasteiger charge is -2.19. The van der Waals surface area contributed by atoms with Crippen LogP contribution < -0.4 is 20.7 Å². The van der Waals surface area contributed by atoms with E-state index in [1.165, 1.54) is 22.8 Å². The van der Waals surface area contributed by atoms with Crippen molar-refractivity contribution < 1.29 is 31.9 Å². The molecule has 1 heterocycles. The number of nitrogens with one attached hydrogen (secondary N) is 3. The van der Waals surface area contributed by atoms with Gasteiger partial charge in [0.2, 0.25) is 11.9 Å². The third-order valence-electron chi connectivity index (χ3n) is 6.32. The number of aromatic nitrogens is 2. The summed E-state index contributed by atoms with van der Waals surface area (Å²) in [5, 5.41) is 8.52. The van der Waals surface area contributed by atoms with Crippen molar-refractivity contribution in [2.45, 2.75) is 33.5 Å². The maximum Gasteiger partial charge on any atom is 0.422 e. The van der Waals surface area contributed by atoms with Crippen LogP contribution in [0.4, 0.5) is 34.9 Å². The van der Waals surface area contributed by atoms with Crippen LogP contribution in [-0.4, -0.2) is 34.1 Å². The Labute approximate surface area is 264 Å². The van der Waals surface area contributed by atoms with Crippen LogP contribution in [0.5, 0.6) is 5.75 Å². The molecule has 15 heteroatoms. The molecule has 44 heavy (non-hydrogen) atoms. The number of nitrogens with zero attached hydrogens (tertiary/aromatic N) is 2. The fourth-order valence-corrected chi connectivity index (χ4v) is 4.67. The number of hydrogen-bond acceptors (Lipinski definition) is 5. The Bertz CT molecular complexity index is 1750. The monoisotopic (exact) mass is 673 g/mol. The summed E-state index contributed by atoms with van der Waals surface area (Å²) in [6.07, 6.45) is -4.68. The third-order valence-corrected chi connectivity index (χ3v) is 7.36. The van der Waals surface area contributed by atoms with Gasteiger partial charge in [0.1, 0.15) is 11.6 Å². The number of aryl methyl sites for hydroxylation is 1. The van der Waals surface area contributed by atoms with Gasteiger partial charge in [0.15, 0.2) is 6.61 Å². The first-order valence-electron chi connectivity index (χ1n) is 12.9. The van der Waals surface area contributed by atoms with Gasteiger partial charge in [0, 0.05) is 30.8 Å². The molecule has 0 saturated carbocycles. The van der Waals surface area contributed by atoms with Crippen molar-refractivity contribution in [2.24, 2.45) is 12.5 Å². The number of halogens is 7. The molecule has 1 aromatic heterocycles. The summed E-state index contributed by atoms with van der Waals surface area (Å²) < 4.78 is 59.3. The summed E-state index contributed by atoms with van der Waals surface area (Å²) in [4.78, 5) is 30.0. The first-order chi connectivity index (χ1) is 20.4. The van der Waals surface area contributed by atoms with E-state index in [-0.39, 0.29) is 61.7 Å². The average molecular weight is 675 g/mol. The first-order valence-corrected chi connectivity index (χ1v) is 14.1. The van der Waals surface area contributed by atoms with Gasteiger partial charge in [0.25, 0.3) is 5.91 Å². The van der Waals surface area contributed by atoms with E-state index in [9.17, 15) is 27.2 Å². The lowest BCUT2D eigenvalue weighted by Crippen LogP contribution is -2.34. The Balaban J connectivity index is 1.70. The fourth-order valence-electron chi connectivity index (χ4n) is 3.96. The zero-order valence-corrected chi connectivity index (χ0v) is 26.0. The van der Waals surface area contributed by atoms with E-state index in [0.717, 1.165) is 12.1 Å². The van der Waals surface area contributed by atoms with Crippen molar-refractivity contribution >= 4 is 75.0 Å². The Morgan fingerprint density at radius 3 is 2.34 bits per heavy atom. The number of amides is 2. The van der Waals surface area contributed by atoms with Crippen LogP contribution in [0.3, 0.4) is 0 Å². The Morgan fingerprint density at radius 2 is 1.70 bits per heavy atom. The molecule has 0 fully saturated rings. The number of carbonyl (C=O) groups excluding carboxylic acids is 2. The van der Waals surface area contributed by atoms with E-state index >= 15 is 0 Å². The zero-order valence-electron chi connectivity index (χ0n) is 23.7. The molecule has 0 saturated heterocycles. The second kappa shape index (κ2) is 12.7. The van der Waals surface area contributed by atoms with Crippen LogP contribution in [-0.2, 0) is 18.4 Å². The highest BCUT2D eigenvalue weighted by atomic mass is 35.5. The summed E-state index contributed by atoms with van der Waals surface area (Å²) in [6, 6.07) is 9.18. The predicted octanol–water partition coefficient (Wildman–Crippen LogP) is 8.27. The molecule has 0 spiro atoms. The fraction of sp³-hybridized carbons (Fsp3) is 0.276. The number of alkyl halides is 3. The van der Waals surface area contributed by atoms with Gasteiger partial charge in [-0.15, -0.1) is 0 Å². The molecule has 234 valence electrons. The molecule has 0 aliphatic heterocycles. The average Bonchev–Trinajstić information content (AvgIpc) is 3.23. The molecule has 8 nitrogen and oxygen atoms in total. The van der Waals surface area contributed by atoms with Crippen molar-refractivity contribution in [1.82, 2.24) is 14.9 Å². The summed E-state index contributed by atoms with van der Waals surface area (Å²) in [5.74, 6) is -1.93. The predicted molar refractivity (Wildman–Crippen MR) is 163 cm³/mol. The molecule has 2 amide bonds. The molecule has 4 aromatic rings. The lowest BCUT2D eigenvalue weighted by atomic mass is 9.95. The normalized spacial score (nSPS) is 11.9. The molecule has 0 aliphatic carbocycles.